The van der Waals surface area contributed by atoms with Gasteiger partial charge in [0.05, 0.1) is 24.5 Å². The average Bonchev–Trinajstić information content (AvgIpc) is 2.83. The van der Waals surface area contributed by atoms with Gasteiger partial charge in [0.2, 0.25) is 0 Å². The Kier molecular flexibility index (Phi) is 7.15. The van der Waals surface area contributed by atoms with E-state index in [1.54, 1.807) is 31.3 Å². The lowest BCUT2D eigenvalue weighted by molar-refractivity contribution is -0.184. The van der Waals surface area contributed by atoms with Crippen molar-refractivity contribution in [1.29, 1.82) is 0 Å². The van der Waals surface area contributed by atoms with Gasteiger partial charge in [0, 0.05) is 30.3 Å². The van der Waals surface area contributed by atoms with Crippen LogP contribution in [0.3, 0.4) is 0 Å². The Hall–Kier alpha value is -2.97. The van der Waals surface area contributed by atoms with Crippen LogP contribution in [-0.2, 0) is 16.5 Å². The van der Waals surface area contributed by atoms with Gasteiger partial charge in [0.1, 0.15) is 5.60 Å². The lowest BCUT2D eigenvalue weighted by Gasteiger charge is -2.36. The molecule has 0 radical (unpaired) electrons. The summed E-state index contributed by atoms with van der Waals surface area (Å²) in [5, 5.41) is 10.3. The average molecular weight is 487 g/mol. The van der Waals surface area contributed by atoms with Crippen molar-refractivity contribution < 1.29 is 27.8 Å². The number of ketones is 1. The second kappa shape index (κ2) is 9.95. The molecule has 0 saturated carbocycles. The highest BCUT2D eigenvalue weighted by atomic mass is 19.4. The maximum absolute atomic E-state index is 12.9. The van der Waals surface area contributed by atoms with Crippen LogP contribution < -0.4 is 5.73 Å². The van der Waals surface area contributed by atoms with E-state index in [9.17, 15) is 23.1 Å². The fourth-order valence-electron chi connectivity index (χ4n) is 4.69. The van der Waals surface area contributed by atoms with Gasteiger partial charge in [-0.15, -0.1) is 0 Å². The number of hydrogen-bond donors (Lipinski definition) is 2. The van der Waals surface area contributed by atoms with E-state index < -0.39 is 17.3 Å². The minimum Gasteiger partial charge on any atom is -0.402 e. The number of allylic oxidation sites excluding steroid dienone is 2. The number of alkyl halides is 3. The summed E-state index contributed by atoms with van der Waals surface area (Å²) in [6.45, 7) is 0.521. The van der Waals surface area contributed by atoms with Gasteiger partial charge in [-0.1, -0.05) is 36.4 Å². The van der Waals surface area contributed by atoms with E-state index in [1.165, 1.54) is 12.1 Å². The number of carbonyl (C=O) groups is 1. The summed E-state index contributed by atoms with van der Waals surface area (Å²) < 4.78 is 43.9. The van der Waals surface area contributed by atoms with E-state index >= 15 is 0 Å². The lowest BCUT2D eigenvalue weighted by Crippen LogP contribution is -2.46. The minimum atomic E-state index is -4.39. The Morgan fingerprint density at radius 2 is 1.74 bits per heavy atom. The zero-order valence-electron chi connectivity index (χ0n) is 19.6. The molecule has 1 fully saturated rings. The fraction of sp³-hybridized carbons (Fsp3) is 0.407. The monoisotopic (exact) mass is 486 g/mol. The molecule has 2 aromatic rings. The molecule has 1 atom stereocenters. The van der Waals surface area contributed by atoms with Gasteiger partial charge in [-0.3, -0.25) is 9.79 Å². The molecule has 0 aromatic heterocycles. The molecule has 0 amide bonds. The predicted molar refractivity (Wildman–Crippen MR) is 127 cm³/mol. The molecule has 1 saturated heterocycles. The maximum Gasteiger partial charge on any atom is 0.416 e. The summed E-state index contributed by atoms with van der Waals surface area (Å²) in [6.07, 6.45) is -1.21. The van der Waals surface area contributed by atoms with E-state index in [4.69, 9.17) is 10.5 Å². The van der Waals surface area contributed by atoms with Gasteiger partial charge in [-0.05, 0) is 54.9 Å². The number of nitrogens with two attached hydrogens (primary N) is 1. The summed E-state index contributed by atoms with van der Waals surface area (Å²) in [4.78, 5) is 17.1. The molecule has 2 aromatic carbocycles. The highest BCUT2D eigenvalue weighted by Crippen LogP contribution is 2.34. The molecule has 35 heavy (non-hydrogen) atoms. The van der Waals surface area contributed by atoms with Gasteiger partial charge >= 0.3 is 6.18 Å². The molecule has 1 aliphatic heterocycles. The maximum atomic E-state index is 12.9. The second-order valence-corrected chi connectivity index (χ2v) is 9.32. The first-order chi connectivity index (χ1) is 16.6. The van der Waals surface area contributed by atoms with Gasteiger partial charge in [-0.2, -0.15) is 13.2 Å². The summed E-state index contributed by atoms with van der Waals surface area (Å²) in [5.74, 6) is 0.254. The SMILES string of the molecule is CN=C(C1=C(N)CC[C@H](CCC(=O)c2ccc(C3(O)COC3)cc2)C1)c1ccc(C(F)(F)F)cc1. The molecule has 186 valence electrons. The number of carbonyl (C=O) groups excluding carboxylic acids is 1. The van der Waals surface area contributed by atoms with E-state index in [2.05, 4.69) is 4.99 Å². The highest BCUT2D eigenvalue weighted by molar-refractivity contribution is 6.13. The van der Waals surface area contributed by atoms with Crippen LogP contribution in [0.1, 0.15) is 59.2 Å². The summed E-state index contributed by atoms with van der Waals surface area (Å²) in [5.41, 5.74) is 8.70. The number of ether oxygens (including phenoxy) is 1. The third kappa shape index (κ3) is 5.49. The van der Waals surface area contributed by atoms with E-state index in [-0.39, 0.29) is 24.9 Å². The Morgan fingerprint density at radius 1 is 1.11 bits per heavy atom. The molecule has 0 spiro atoms. The topological polar surface area (TPSA) is 84.9 Å². The quantitative estimate of drug-likeness (QED) is 0.425. The Bertz CT molecular complexity index is 1130. The van der Waals surface area contributed by atoms with Crippen molar-refractivity contribution in [2.24, 2.45) is 16.6 Å². The van der Waals surface area contributed by atoms with Crippen LogP contribution in [0, 0.1) is 5.92 Å². The molecule has 8 heteroatoms. The Labute approximate surface area is 202 Å². The third-order valence-corrected chi connectivity index (χ3v) is 6.90. The number of hydrogen-bond acceptors (Lipinski definition) is 5. The van der Waals surface area contributed by atoms with Crippen molar-refractivity contribution in [3.05, 3.63) is 82.1 Å². The molecular formula is C27H29F3N2O3. The van der Waals surface area contributed by atoms with Crippen LogP contribution in [0.15, 0.2) is 64.8 Å². The minimum absolute atomic E-state index is 0.0320. The number of aliphatic imine (C=N–C) groups is 1. The Balaban J connectivity index is 1.39. The molecule has 0 unspecified atom stereocenters. The first kappa shape index (κ1) is 25.1. The first-order valence-electron chi connectivity index (χ1n) is 11.7. The lowest BCUT2D eigenvalue weighted by atomic mass is 9.80. The fourth-order valence-corrected chi connectivity index (χ4v) is 4.69. The number of benzene rings is 2. The number of Topliss-reactive ketones (excluding diaryl/α,β-unsaturated/α-hetero) is 1. The number of nitrogens with zero attached hydrogens (tertiary/aromatic N) is 1. The van der Waals surface area contributed by atoms with Gasteiger partial charge in [0.15, 0.2) is 5.78 Å². The van der Waals surface area contributed by atoms with Crippen molar-refractivity contribution in [3.8, 4) is 0 Å². The van der Waals surface area contributed by atoms with Crippen molar-refractivity contribution in [3.63, 3.8) is 0 Å². The molecule has 4 rings (SSSR count). The van der Waals surface area contributed by atoms with Crippen LogP contribution in [0.25, 0.3) is 0 Å². The van der Waals surface area contributed by atoms with Crippen molar-refractivity contribution in [2.45, 2.75) is 43.9 Å². The van der Waals surface area contributed by atoms with Crippen LogP contribution in [0.2, 0.25) is 0 Å². The standard InChI is InChI=1S/C27H29F3N2O3/c1-32-25(19-6-10-21(11-7-19)27(28,29)30)22-14-17(2-12-23(22)31)3-13-24(33)18-4-8-20(9-5-18)26(34)15-35-16-26/h4-11,17,34H,2-3,12-16,31H2,1H3/t17-/m1/s1. The normalized spacial score (nSPS) is 20.5. The molecule has 5 nitrogen and oxygen atoms in total. The van der Waals surface area contributed by atoms with Gasteiger partial charge < -0.3 is 15.6 Å². The third-order valence-electron chi connectivity index (χ3n) is 6.90. The number of aliphatic hydroxyl groups is 1. The molecular weight excluding hydrogens is 457 g/mol. The highest BCUT2D eigenvalue weighted by Gasteiger charge is 2.38. The van der Waals surface area contributed by atoms with Gasteiger partial charge in [0.25, 0.3) is 0 Å². The van der Waals surface area contributed by atoms with Crippen molar-refractivity contribution >= 4 is 11.5 Å². The van der Waals surface area contributed by atoms with E-state index in [0.717, 1.165) is 29.7 Å². The molecule has 0 bridgehead atoms. The van der Waals surface area contributed by atoms with Crippen LogP contribution >= 0.6 is 0 Å². The smallest absolute Gasteiger partial charge is 0.402 e. The predicted octanol–water partition coefficient (Wildman–Crippen LogP) is 5.02. The van der Waals surface area contributed by atoms with Crippen molar-refractivity contribution in [2.75, 3.05) is 20.3 Å². The largest absolute Gasteiger partial charge is 0.416 e. The number of rotatable bonds is 7. The molecule has 2 aliphatic rings. The summed E-state index contributed by atoms with van der Waals surface area (Å²) in [7, 11) is 1.61. The Morgan fingerprint density at radius 3 is 2.29 bits per heavy atom. The van der Waals surface area contributed by atoms with E-state index in [1.807, 2.05) is 0 Å². The second-order valence-electron chi connectivity index (χ2n) is 9.32. The summed E-state index contributed by atoms with van der Waals surface area (Å²) >= 11 is 0. The summed E-state index contributed by atoms with van der Waals surface area (Å²) in [6, 6.07) is 12.0. The zero-order chi connectivity index (χ0) is 25.2. The van der Waals surface area contributed by atoms with Gasteiger partial charge in [-0.25, -0.2) is 0 Å². The number of halogens is 3. The molecule has 1 aliphatic carbocycles. The molecule has 1 heterocycles. The van der Waals surface area contributed by atoms with Crippen LogP contribution in [0.5, 0.6) is 0 Å². The van der Waals surface area contributed by atoms with Crippen molar-refractivity contribution in [1.82, 2.24) is 0 Å². The zero-order valence-corrected chi connectivity index (χ0v) is 19.6. The van der Waals surface area contributed by atoms with Crippen LogP contribution in [0.4, 0.5) is 13.2 Å². The van der Waals surface area contributed by atoms with E-state index in [0.29, 0.717) is 48.2 Å². The van der Waals surface area contributed by atoms with Crippen LogP contribution in [-0.4, -0.2) is 36.9 Å². The molecule has 3 N–H and O–H groups in total. The first-order valence-corrected chi connectivity index (χ1v) is 11.7.